The summed E-state index contributed by atoms with van der Waals surface area (Å²) in [5.41, 5.74) is 2.92. The van der Waals surface area contributed by atoms with Gasteiger partial charge in [-0.1, -0.05) is 0 Å². The maximum Gasteiger partial charge on any atom is 0.237 e. The van der Waals surface area contributed by atoms with Gasteiger partial charge in [0.25, 0.3) is 0 Å². The lowest BCUT2D eigenvalue weighted by Crippen LogP contribution is -2.37. The number of rotatable bonds is 3. The van der Waals surface area contributed by atoms with Crippen molar-refractivity contribution in [3.05, 3.63) is 43.0 Å². The number of oxazole rings is 1. The van der Waals surface area contributed by atoms with Crippen LogP contribution in [0.3, 0.4) is 0 Å². The van der Waals surface area contributed by atoms with Crippen LogP contribution in [-0.2, 0) is 4.74 Å². The summed E-state index contributed by atoms with van der Waals surface area (Å²) in [5, 5.41) is 0. The third-order valence-corrected chi connectivity index (χ3v) is 4.44. The summed E-state index contributed by atoms with van der Waals surface area (Å²) in [5.74, 6) is 1.95. The highest BCUT2D eigenvalue weighted by Crippen LogP contribution is 2.27. The van der Waals surface area contributed by atoms with Crippen molar-refractivity contribution in [1.29, 1.82) is 0 Å². The average molecular weight is 363 g/mol. The number of aryl methyl sites for hydroxylation is 1. The Morgan fingerprint density at radius 2 is 1.89 bits per heavy atom. The van der Waals surface area contributed by atoms with Crippen molar-refractivity contribution >= 4 is 16.9 Å². The largest absolute Gasteiger partial charge is 0.449 e. The molecule has 27 heavy (non-hydrogen) atoms. The minimum Gasteiger partial charge on any atom is -0.449 e. The summed E-state index contributed by atoms with van der Waals surface area (Å²) in [6.45, 7) is 4.64. The number of hydrogen-bond donors (Lipinski definition) is 0. The van der Waals surface area contributed by atoms with E-state index in [1.165, 1.54) is 0 Å². The third-order valence-electron chi connectivity index (χ3n) is 4.44. The second-order valence-corrected chi connectivity index (χ2v) is 6.23. The van der Waals surface area contributed by atoms with Crippen LogP contribution in [0.2, 0.25) is 0 Å². The molecule has 136 valence electrons. The molecule has 0 unspecified atom stereocenters. The summed E-state index contributed by atoms with van der Waals surface area (Å²) < 4.78 is 12.6. The number of hydrogen-bond acceptors (Lipinski definition) is 8. The van der Waals surface area contributed by atoms with E-state index in [0.717, 1.165) is 35.6 Å². The van der Waals surface area contributed by atoms with Gasteiger partial charge in [0.1, 0.15) is 23.8 Å². The van der Waals surface area contributed by atoms with Crippen LogP contribution in [0.25, 0.3) is 28.4 Å². The lowest BCUT2D eigenvalue weighted by molar-refractivity contribution is 0.122. The first kappa shape index (κ1) is 15.9. The number of ether oxygens (including phenoxy) is 1. The van der Waals surface area contributed by atoms with Crippen molar-refractivity contribution in [2.24, 2.45) is 0 Å². The Balaban J connectivity index is 1.69. The first-order chi connectivity index (χ1) is 13.3. The van der Waals surface area contributed by atoms with E-state index in [1.807, 2.05) is 25.3 Å². The smallest absolute Gasteiger partial charge is 0.237 e. The first-order valence-electron chi connectivity index (χ1n) is 8.70. The molecule has 1 aliphatic heterocycles. The van der Waals surface area contributed by atoms with E-state index in [2.05, 4.69) is 19.9 Å². The van der Waals surface area contributed by atoms with Crippen molar-refractivity contribution in [2.45, 2.75) is 6.92 Å². The summed E-state index contributed by atoms with van der Waals surface area (Å²) in [6, 6.07) is 3.83. The van der Waals surface area contributed by atoms with Crippen molar-refractivity contribution in [2.75, 3.05) is 31.2 Å². The van der Waals surface area contributed by atoms with E-state index < -0.39 is 0 Å². The van der Waals surface area contributed by atoms with Gasteiger partial charge in [-0.25, -0.2) is 19.9 Å². The Bertz CT molecular complexity index is 1080. The second-order valence-electron chi connectivity index (χ2n) is 6.23. The van der Waals surface area contributed by atoms with Crippen molar-refractivity contribution < 1.29 is 9.15 Å². The first-order valence-corrected chi connectivity index (χ1v) is 8.70. The highest BCUT2D eigenvalue weighted by molar-refractivity contribution is 5.88. The minimum absolute atomic E-state index is 0.563. The lowest BCUT2D eigenvalue weighted by atomic mass is 10.2. The number of morpholine rings is 1. The molecule has 1 aliphatic rings. The summed E-state index contributed by atoms with van der Waals surface area (Å²) >= 11 is 0. The number of pyridine rings is 1. The molecule has 4 aromatic heterocycles. The third kappa shape index (κ3) is 2.91. The fourth-order valence-corrected chi connectivity index (χ4v) is 3.10. The molecule has 1 fully saturated rings. The SMILES string of the molecule is Cc1nc(-c2ccc3nc(-n4ccnc4)nc(N4CCOCC4)c3n2)co1. The zero-order chi connectivity index (χ0) is 18.2. The molecule has 4 aromatic rings. The Kier molecular flexibility index (Phi) is 3.79. The van der Waals surface area contributed by atoms with Gasteiger partial charge in [-0.05, 0) is 12.1 Å². The van der Waals surface area contributed by atoms with Gasteiger partial charge in [0.15, 0.2) is 11.7 Å². The molecular formula is C18H17N7O2. The van der Waals surface area contributed by atoms with E-state index in [1.54, 1.807) is 23.4 Å². The van der Waals surface area contributed by atoms with Crippen LogP contribution in [0.15, 0.2) is 41.5 Å². The molecule has 5 heterocycles. The molecule has 0 amide bonds. The maximum atomic E-state index is 5.49. The zero-order valence-electron chi connectivity index (χ0n) is 14.7. The molecule has 1 saturated heterocycles. The van der Waals surface area contributed by atoms with Gasteiger partial charge in [-0.15, -0.1) is 0 Å². The standard InChI is InChI=1S/C18H17N7O2/c1-12-20-15(10-27-12)13-2-3-14-16(21-13)17(24-6-8-26-9-7-24)23-18(22-14)25-5-4-19-11-25/h2-5,10-11H,6-9H2,1H3. The van der Waals surface area contributed by atoms with E-state index in [9.17, 15) is 0 Å². The lowest BCUT2D eigenvalue weighted by Gasteiger charge is -2.28. The molecule has 9 heteroatoms. The Morgan fingerprint density at radius 1 is 1.00 bits per heavy atom. The Morgan fingerprint density at radius 3 is 2.63 bits per heavy atom. The quantitative estimate of drug-likeness (QED) is 0.545. The molecule has 0 aliphatic carbocycles. The molecule has 0 radical (unpaired) electrons. The minimum atomic E-state index is 0.563. The van der Waals surface area contributed by atoms with Gasteiger partial charge in [-0.2, -0.15) is 4.98 Å². The maximum absolute atomic E-state index is 5.49. The van der Waals surface area contributed by atoms with Crippen LogP contribution in [0.1, 0.15) is 5.89 Å². The molecule has 5 rings (SSSR count). The summed E-state index contributed by atoms with van der Waals surface area (Å²) in [4.78, 5) is 24.9. The second kappa shape index (κ2) is 6.44. The summed E-state index contributed by atoms with van der Waals surface area (Å²) in [6.07, 6.45) is 6.82. The number of anilines is 1. The summed E-state index contributed by atoms with van der Waals surface area (Å²) in [7, 11) is 0. The van der Waals surface area contributed by atoms with Crippen LogP contribution in [0.4, 0.5) is 5.82 Å². The van der Waals surface area contributed by atoms with Gasteiger partial charge in [0, 0.05) is 32.4 Å². The molecule has 0 saturated carbocycles. The average Bonchev–Trinajstić information content (AvgIpc) is 3.39. The molecule has 0 spiro atoms. The highest BCUT2D eigenvalue weighted by atomic mass is 16.5. The molecule has 0 bridgehead atoms. The van der Waals surface area contributed by atoms with Crippen molar-refractivity contribution in [1.82, 2.24) is 29.5 Å². The fourth-order valence-electron chi connectivity index (χ4n) is 3.10. The highest BCUT2D eigenvalue weighted by Gasteiger charge is 2.20. The topological polar surface area (TPSA) is 95.0 Å². The number of aromatic nitrogens is 6. The van der Waals surface area contributed by atoms with Crippen LogP contribution < -0.4 is 4.90 Å². The Hall–Kier alpha value is -3.33. The molecule has 0 aromatic carbocycles. The van der Waals surface area contributed by atoms with E-state index in [-0.39, 0.29) is 0 Å². The predicted molar refractivity (Wildman–Crippen MR) is 97.7 cm³/mol. The van der Waals surface area contributed by atoms with E-state index >= 15 is 0 Å². The van der Waals surface area contributed by atoms with Gasteiger partial charge in [0.2, 0.25) is 5.95 Å². The van der Waals surface area contributed by atoms with Gasteiger partial charge >= 0.3 is 0 Å². The molecule has 0 atom stereocenters. The number of fused-ring (bicyclic) bond motifs is 1. The normalized spacial score (nSPS) is 14.8. The fraction of sp³-hybridized carbons (Fsp3) is 0.278. The zero-order valence-corrected chi connectivity index (χ0v) is 14.7. The monoisotopic (exact) mass is 363 g/mol. The number of imidazole rings is 1. The van der Waals surface area contributed by atoms with Crippen LogP contribution >= 0.6 is 0 Å². The molecular weight excluding hydrogens is 346 g/mol. The van der Waals surface area contributed by atoms with Crippen molar-refractivity contribution in [3.8, 4) is 17.3 Å². The van der Waals surface area contributed by atoms with E-state index in [0.29, 0.717) is 30.7 Å². The van der Waals surface area contributed by atoms with Crippen LogP contribution in [0.5, 0.6) is 0 Å². The van der Waals surface area contributed by atoms with Gasteiger partial charge in [0.05, 0.1) is 24.4 Å². The molecule has 9 nitrogen and oxygen atoms in total. The van der Waals surface area contributed by atoms with Crippen molar-refractivity contribution in [3.63, 3.8) is 0 Å². The van der Waals surface area contributed by atoms with Gasteiger partial charge < -0.3 is 14.1 Å². The van der Waals surface area contributed by atoms with Crippen LogP contribution in [0, 0.1) is 6.92 Å². The van der Waals surface area contributed by atoms with Gasteiger partial charge in [-0.3, -0.25) is 4.57 Å². The van der Waals surface area contributed by atoms with Crippen LogP contribution in [-0.4, -0.2) is 55.8 Å². The molecule has 0 N–H and O–H groups in total. The Labute approximate surface area is 154 Å². The van der Waals surface area contributed by atoms with E-state index in [4.69, 9.17) is 19.1 Å². The predicted octanol–water partition coefficient (Wildman–Crippen LogP) is 2.01. The number of nitrogens with zero attached hydrogens (tertiary/aromatic N) is 7.